The van der Waals surface area contributed by atoms with Gasteiger partial charge >= 0.3 is 0 Å². The van der Waals surface area contributed by atoms with Crippen molar-refractivity contribution < 1.29 is 4.79 Å². The first-order chi connectivity index (χ1) is 8.16. The highest BCUT2D eigenvalue weighted by molar-refractivity contribution is 9.10. The second-order valence-electron chi connectivity index (χ2n) is 3.54. The topological polar surface area (TPSA) is 42.0 Å². The van der Waals surface area contributed by atoms with Crippen molar-refractivity contribution in [2.24, 2.45) is 0 Å². The number of nitrogens with zero attached hydrogens (tertiary/aromatic N) is 1. The van der Waals surface area contributed by atoms with Crippen LogP contribution in [0, 0.1) is 6.92 Å². The van der Waals surface area contributed by atoms with Crippen LogP contribution in [0.5, 0.6) is 0 Å². The Bertz CT molecular complexity index is 539. The fourth-order valence-electron chi connectivity index (χ4n) is 1.40. The third kappa shape index (κ3) is 3.14. The van der Waals surface area contributed by atoms with Gasteiger partial charge in [-0.15, -0.1) is 11.3 Å². The average molecular weight is 311 g/mol. The van der Waals surface area contributed by atoms with Crippen LogP contribution in [-0.2, 0) is 6.54 Å². The smallest absolute Gasteiger partial charge is 0.254 e. The number of pyridine rings is 1. The van der Waals surface area contributed by atoms with Gasteiger partial charge in [0.2, 0.25) is 0 Å². The summed E-state index contributed by atoms with van der Waals surface area (Å²) in [5.41, 5.74) is 0.556. The van der Waals surface area contributed by atoms with Crippen LogP contribution < -0.4 is 5.32 Å². The molecule has 1 N–H and O–H groups in total. The first kappa shape index (κ1) is 12.3. The molecule has 0 fully saturated rings. The summed E-state index contributed by atoms with van der Waals surface area (Å²) in [4.78, 5) is 18.3. The zero-order valence-electron chi connectivity index (χ0n) is 9.24. The van der Waals surface area contributed by atoms with E-state index >= 15 is 0 Å². The molecule has 1 amide bonds. The molecule has 2 aromatic rings. The Labute approximate surface area is 112 Å². The number of thiophene rings is 1. The van der Waals surface area contributed by atoms with E-state index < -0.39 is 0 Å². The Hall–Kier alpha value is -1.20. The summed E-state index contributed by atoms with van der Waals surface area (Å²) in [5.74, 6) is -0.115. The van der Waals surface area contributed by atoms with Gasteiger partial charge in [-0.2, -0.15) is 0 Å². The predicted octanol–water partition coefficient (Wildman–Crippen LogP) is 3.14. The molecule has 0 bridgehead atoms. The summed E-state index contributed by atoms with van der Waals surface area (Å²) in [6.07, 6.45) is 1.64. The van der Waals surface area contributed by atoms with Crippen molar-refractivity contribution in [3.8, 4) is 0 Å². The number of amides is 1. The van der Waals surface area contributed by atoms with Gasteiger partial charge < -0.3 is 5.32 Å². The summed E-state index contributed by atoms with van der Waals surface area (Å²) < 4.78 is 0.569. The Morgan fingerprint density at radius 3 is 2.94 bits per heavy atom. The van der Waals surface area contributed by atoms with Gasteiger partial charge in [0.15, 0.2) is 0 Å². The largest absolute Gasteiger partial charge is 0.347 e. The standard InChI is InChI=1S/C12H11BrN2OS/c1-8-4-5-9(17-8)7-15-12(16)10-3-2-6-14-11(10)13/h2-6H,7H2,1H3,(H,15,16). The number of nitrogens with one attached hydrogen (secondary N) is 1. The maximum Gasteiger partial charge on any atom is 0.254 e. The molecule has 0 saturated carbocycles. The third-order valence-corrected chi connectivity index (χ3v) is 3.86. The lowest BCUT2D eigenvalue weighted by Gasteiger charge is -2.04. The molecule has 2 heterocycles. The zero-order chi connectivity index (χ0) is 12.3. The lowest BCUT2D eigenvalue weighted by Crippen LogP contribution is -2.22. The molecule has 0 radical (unpaired) electrons. The normalized spacial score (nSPS) is 10.2. The van der Waals surface area contributed by atoms with Crippen LogP contribution in [0.3, 0.4) is 0 Å². The van der Waals surface area contributed by atoms with Crippen molar-refractivity contribution in [3.05, 3.63) is 50.4 Å². The lowest BCUT2D eigenvalue weighted by molar-refractivity contribution is 0.0950. The molecule has 0 aliphatic carbocycles. The fraction of sp³-hybridized carbons (Fsp3) is 0.167. The molecule has 88 valence electrons. The van der Waals surface area contributed by atoms with Crippen LogP contribution in [-0.4, -0.2) is 10.9 Å². The van der Waals surface area contributed by atoms with Crippen LogP contribution in [0.15, 0.2) is 35.1 Å². The number of carbonyl (C=O) groups is 1. The molecule has 0 saturated heterocycles. The molecule has 0 spiro atoms. The van der Waals surface area contributed by atoms with E-state index in [2.05, 4.69) is 26.2 Å². The van der Waals surface area contributed by atoms with Gasteiger partial charge in [0, 0.05) is 16.0 Å². The van der Waals surface area contributed by atoms with Gasteiger partial charge in [-0.1, -0.05) is 0 Å². The van der Waals surface area contributed by atoms with Crippen LogP contribution in [0.2, 0.25) is 0 Å². The van der Waals surface area contributed by atoms with Crippen molar-refractivity contribution in [3.63, 3.8) is 0 Å². The highest BCUT2D eigenvalue weighted by Crippen LogP contribution is 2.16. The van der Waals surface area contributed by atoms with E-state index in [9.17, 15) is 4.79 Å². The number of hydrogen-bond acceptors (Lipinski definition) is 3. The molecule has 0 aliphatic heterocycles. The minimum Gasteiger partial charge on any atom is -0.347 e. The highest BCUT2D eigenvalue weighted by atomic mass is 79.9. The van der Waals surface area contributed by atoms with E-state index in [1.165, 1.54) is 4.88 Å². The van der Waals surface area contributed by atoms with E-state index in [1.54, 1.807) is 29.7 Å². The molecule has 3 nitrogen and oxygen atoms in total. The molecule has 2 rings (SSSR count). The summed E-state index contributed by atoms with van der Waals surface area (Å²) in [6.45, 7) is 2.60. The highest BCUT2D eigenvalue weighted by Gasteiger charge is 2.09. The van der Waals surface area contributed by atoms with Gasteiger partial charge in [0.05, 0.1) is 12.1 Å². The van der Waals surface area contributed by atoms with E-state index in [4.69, 9.17) is 0 Å². The number of hydrogen-bond donors (Lipinski definition) is 1. The molecule has 2 aromatic heterocycles. The van der Waals surface area contributed by atoms with Crippen molar-refractivity contribution in [2.75, 3.05) is 0 Å². The van der Waals surface area contributed by atoms with Crippen LogP contribution in [0.1, 0.15) is 20.1 Å². The third-order valence-electron chi connectivity index (χ3n) is 2.22. The summed E-state index contributed by atoms with van der Waals surface area (Å²) in [5, 5.41) is 2.87. The summed E-state index contributed by atoms with van der Waals surface area (Å²) in [6, 6.07) is 7.56. The quantitative estimate of drug-likeness (QED) is 0.885. The Morgan fingerprint density at radius 1 is 1.47 bits per heavy atom. The minimum absolute atomic E-state index is 0.115. The molecular formula is C12H11BrN2OS. The monoisotopic (exact) mass is 310 g/mol. The average Bonchev–Trinajstić information content (AvgIpc) is 2.73. The van der Waals surface area contributed by atoms with E-state index in [0.717, 1.165) is 4.88 Å². The van der Waals surface area contributed by atoms with Gasteiger partial charge in [-0.3, -0.25) is 4.79 Å². The molecular weight excluding hydrogens is 300 g/mol. The minimum atomic E-state index is -0.115. The van der Waals surface area contributed by atoms with Crippen LogP contribution in [0.4, 0.5) is 0 Å². The van der Waals surface area contributed by atoms with E-state index in [1.807, 2.05) is 19.1 Å². The molecule has 0 aliphatic rings. The number of aromatic nitrogens is 1. The van der Waals surface area contributed by atoms with Crippen LogP contribution >= 0.6 is 27.3 Å². The maximum absolute atomic E-state index is 11.9. The summed E-state index contributed by atoms with van der Waals surface area (Å²) >= 11 is 4.94. The molecule has 0 unspecified atom stereocenters. The van der Waals surface area contributed by atoms with E-state index in [-0.39, 0.29) is 5.91 Å². The molecule has 0 atom stereocenters. The Kier molecular flexibility index (Phi) is 3.91. The first-order valence-electron chi connectivity index (χ1n) is 5.11. The zero-order valence-corrected chi connectivity index (χ0v) is 11.6. The van der Waals surface area contributed by atoms with Gasteiger partial charge in [-0.25, -0.2) is 4.98 Å². The Morgan fingerprint density at radius 2 is 2.29 bits per heavy atom. The number of halogens is 1. The maximum atomic E-state index is 11.9. The number of aryl methyl sites for hydroxylation is 1. The fourth-order valence-corrected chi connectivity index (χ4v) is 2.66. The van der Waals surface area contributed by atoms with Crippen molar-refractivity contribution in [2.45, 2.75) is 13.5 Å². The SMILES string of the molecule is Cc1ccc(CNC(=O)c2cccnc2Br)s1. The van der Waals surface area contributed by atoms with Gasteiger partial charge in [-0.05, 0) is 47.1 Å². The molecule has 5 heteroatoms. The van der Waals surface area contributed by atoms with Crippen molar-refractivity contribution in [1.29, 1.82) is 0 Å². The van der Waals surface area contributed by atoms with E-state index in [0.29, 0.717) is 16.7 Å². The van der Waals surface area contributed by atoms with Gasteiger partial charge in [0.25, 0.3) is 5.91 Å². The summed E-state index contributed by atoms with van der Waals surface area (Å²) in [7, 11) is 0. The van der Waals surface area contributed by atoms with Crippen LogP contribution in [0.25, 0.3) is 0 Å². The second-order valence-corrected chi connectivity index (χ2v) is 5.66. The van der Waals surface area contributed by atoms with Gasteiger partial charge in [0.1, 0.15) is 4.60 Å². The molecule has 0 aromatic carbocycles. The van der Waals surface area contributed by atoms with Crippen molar-refractivity contribution in [1.82, 2.24) is 10.3 Å². The van der Waals surface area contributed by atoms with Crippen molar-refractivity contribution >= 4 is 33.2 Å². The number of carbonyl (C=O) groups excluding carboxylic acids is 1. The second kappa shape index (κ2) is 5.42. The number of rotatable bonds is 3. The lowest BCUT2D eigenvalue weighted by atomic mass is 10.2. The predicted molar refractivity (Wildman–Crippen MR) is 72.2 cm³/mol. The molecule has 17 heavy (non-hydrogen) atoms. The Balaban J connectivity index is 2.01. The first-order valence-corrected chi connectivity index (χ1v) is 6.72.